The number of amides is 1. The predicted octanol–water partition coefficient (Wildman–Crippen LogP) is 5.29. The van der Waals surface area contributed by atoms with Gasteiger partial charge in [0.2, 0.25) is 0 Å². The van der Waals surface area contributed by atoms with Crippen molar-refractivity contribution in [1.82, 2.24) is 4.90 Å². The molecule has 0 spiro atoms. The Morgan fingerprint density at radius 1 is 1.15 bits per heavy atom. The lowest BCUT2D eigenvalue weighted by Crippen LogP contribution is -2.44. The van der Waals surface area contributed by atoms with Gasteiger partial charge in [0.25, 0.3) is 0 Å². The van der Waals surface area contributed by atoms with E-state index in [1.165, 1.54) is 18.1 Å². The van der Waals surface area contributed by atoms with E-state index < -0.39 is 35.7 Å². The van der Waals surface area contributed by atoms with Gasteiger partial charge in [-0.3, -0.25) is 4.90 Å². The first-order chi connectivity index (χ1) is 16.0. The molecule has 2 aromatic rings. The Morgan fingerprint density at radius 3 is 2.53 bits per heavy atom. The third-order valence-corrected chi connectivity index (χ3v) is 5.28. The summed E-state index contributed by atoms with van der Waals surface area (Å²) in [6.07, 6.45) is -5.02. The maximum Gasteiger partial charge on any atom is 0.419 e. The lowest BCUT2D eigenvalue weighted by molar-refractivity contribution is -0.147. The lowest BCUT2D eigenvalue weighted by atomic mass is 9.92. The quantitative estimate of drug-likeness (QED) is 0.413. The Morgan fingerprint density at radius 2 is 1.88 bits per heavy atom. The molecule has 2 aromatic carbocycles. The van der Waals surface area contributed by atoms with E-state index in [4.69, 9.17) is 14.2 Å². The summed E-state index contributed by atoms with van der Waals surface area (Å²) in [6.45, 7) is 4.00. The number of alkyl halides is 3. The highest BCUT2D eigenvalue weighted by molar-refractivity contribution is 5.84. The minimum Gasteiger partial charge on any atom is -0.489 e. The van der Waals surface area contributed by atoms with E-state index in [0.717, 1.165) is 11.6 Å². The maximum atomic E-state index is 13.5. The molecule has 34 heavy (non-hydrogen) atoms. The largest absolute Gasteiger partial charge is 0.489 e. The monoisotopic (exact) mass is 483 g/mol. The Bertz CT molecular complexity index is 1050. The van der Waals surface area contributed by atoms with Crippen LogP contribution in [0.25, 0.3) is 0 Å². The van der Waals surface area contributed by atoms with Crippen LogP contribution in [0.2, 0.25) is 0 Å². The van der Waals surface area contributed by atoms with E-state index in [1.807, 2.05) is 13.8 Å². The van der Waals surface area contributed by atoms with Gasteiger partial charge in [0.05, 0.1) is 19.3 Å². The van der Waals surface area contributed by atoms with Gasteiger partial charge in [-0.2, -0.15) is 13.2 Å². The van der Waals surface area contributed by atoms with E-state index in [1.54, 1.807) is 18.2 Å². The van der Waals surface area contributed by atoms with Gasteiger partial charge < -0.3 is 14.2 Å². The Kier molecular flexibility index (Phi) is 7.68. The fourth-order valence-electron chi connectivity index (χ4n) is 3.62. The molecule has 184 valence electrons. The number of hydrogen-bond donors (Lipinski definition) is 0. The number of fused-ring (bicyclic) bond motifs is 1. The Labute approximate surface area is 194 Å². The fourth-order valence-corrected chi connectivity index (χ4v) is 3.62. The fraction of sp³-hybridized carbons (Fsp3) is 0.417. The topological polar surface area (TPSA) is 65.1 Å². The van der Waals surface area contributed by atoms with Crippen molar-refractivity contribution in [3.05, 3.63) is 64.5 Å². The Balaban J connectivity index is 1.78. The number of halogens is 4. The summed E-state index contributed by atoms with van der Waals surface area (Å²) < 4.78 is 68.1. The molecule has 0 radical (unpaired) electrons. The molecule has 0 saturated heterocycles. The highest BCUT2D eigenvalue weighted by Crippen LogP contribution is 2.35. The van der Waals surface area contributed by atoms with Gasteiger partial charge in [-0.1, -0.05) is 26.0 Å². The van der Waals surface area contributed by atoms with Crippen LogP contribution in [0, 0.1) is 11.7 Å². The number of ether oxygens (including phenoxy) is 3. The van der Waals surface area contributed by atoms with Crippen molar-refractivity contribution in [2.24, 2.45) is 5.92 Å². The summed E-state index contributed by atoms with van der Waals surface area (Å²) in [5, 5.41) is 0. The van der Waals surface area contributed by atoms with Crippen molar-refractivity contribution in [3.63, 3.8) is 0 Å². The van der Waals surface area contributed by atoms with Gasteiger partial charge in [-0.15, -0.1) is 0 Å². The summed E-state index contributed by atoms with van der Waals surface area (Å²) in [6, 6.07) is 6.51. The minimum absolute atomic E-state index is 0.130. The van der Waals surface area contributed by atoms with Crippen LogP contribution in [0.4, 0.5) is 22.4 Å². The average Bonchev–Trinajstić information content (AvgIpc) is 2.79. The van der Waals surface area contributed by atoms with Crippen molar-refractivity contribution >= 4 is 12.1 Å². The summed E-state index contributed by atoms with van der Waals surface area (Å²) in [5.41, 5.74) is 0.0753. The molecule has 1 heterocycles. The predicted molar refractivity (Wildman–Crippen MR) is 114 cm³/mol. The number of benzene rings is 2. The SMILES string of the molecule is COC(=O)C1c2ccc(OCc3ccc(F)c(C(F)(F)F)c3)cc2CCN1C(=O)OCC(C)C. The van der Waals surface area contributed by atoms with E-state index in [9.17, 15) is 27.2 Å². The average molecular weight is 483 g/mol. The van der Waals surface area contributed by atoms with Crippen LogP contribution in [-0.2, 0) is 33.5 Å². The number of carbonyl (C=O) groups excluding carboxylic acids is 2. The van der Waals surface area contributed by atoms with Crippen LogP contribution < -0.4 is 4.74 Å². The number of hydrogen-bond acceptors (Lipinski definition) is 5. The van der Waals surface area contributed by atoms with Crippen LogP contribution in [0.1, 0.15) is 42.1 Å². The zero-order valence-electron chi connectivity index (χ0n) is 18.9. The molecule has 0 saturated carbocycles. The summed E-state index contributed by atoms with van der Waals surface area (Å²) in [4.78, 5) is 26.4. The van der Waals surface area contributed by atoms with Gasteiger partial charge >= 0.3 is 18.2 Å². The zero-order chi connectivity index (χ0) is 25.0. The number of rotatable bonds is 6. The van der Waals surface area contributed by atoms with Gasteiger partial charge in [0.1, 0.15) is 18.2 Å². The molecule has 10 heteroatoms. The first kappa shape index (κ1) is 25.3. The van der Waals surface area contributed by atoms with Crippen molar-refractivity contribution in [2.45, 2.75) is 39.1 Å². The molecule has 3 rings (SSSR count). The molecule has 0 fully saturated rings. The normalized spacial score (nSPS) is 15.6. The maximum absolute atomic E-state index is 13.5. The number of methoxy groups -OCH3 is 1. The van der Waals surface area contributed by atoms with E-state index in [-0.39, 0.29) is 31.2 Å². The van der Waals surface area contributed by atoms with Crippen LogP contribution in [0.15, 0.2) is 36.4 Å². The molecule has 1 aliphatic rings. The highest BCUT2D eigenvalue weighted by Gasteiger charge is 2.38. The van der Waals surface area contributed by atoms with Gasteiger partial charge in [-0.05, 0) is 53.3 Å². The summed E-state index contributed by atoms with van der Waals surface area (Å²) >= 11 is 0. The summed E-state index contributed by atoms with van der Waals surface area (Å²) in [5.74, 6) is -1.49. The second-order valence-corrected chi connectivity index (χ2v) is 8.30. The number of esters is 1. The zero-order valence-corrected chi connectivity index (χ0v) is 18.9. The standard InChI is InChI=1S/C24H25F4NO5/c1-14(2)12-34-23(31)29-9-8-16-11-17(5-6-18(16)21(29)22(30)32-3)33-13-15-4-7-20(25)19(10-15)24(26,27)28/h4-7,10-11,14,21H,8-9,12-13H2,1-3H3. The van der Waals surface area contributed by atoms with Gasteiger partial charge in [0, 0.05) is 6.54 Å². The lowest BCUT2D eigenvalue weighted by Gasteiger charge is -2.35. The van der Waals surface area contributed by atoms with Crippen LogP contribution in [-0.4, -0.2) is 37.2 Å². The molecule has 0 bridgehead atoms. The summed E-state index contributed by atoms with van der Waals surface area (Å²) in [7, 11) is 1.23. The molecular formula is C24H25F4NO5. The van der Waals surface area contributed by atoms with Crippen LogP contribution in [0.5, 0.6) is 5.75 Å². The molecule has 1 amide bonds. The molecule has 1 aliphatic heterocycles. The highest BCUT2D eigenvalue weighted by atomic mass is 19.4. The smallest absolute Gasteiger partial charge is 0.419 e. The minimum atomic E-state index is -4.81. The second kappa shape index (κ2) is 10.3. The molecular weight excluding hydrogens is 458 g/mol. The van der Waals surface area contributed by atoms with Crippen LogP contribution >= 0.6 is 0 Å². The molecule has 0 aliphatic carbocycles. The molecule has 0 aromatic heterocycles. The van der Waals surface area contributed by atoms with E-state index in [0.29, 0.717) is 23.8 Å². The van der Waals surface area contributed by atoms with Crippen molar-refractivity contribution in [3.8, 4) is 5.75 Å². The van der Waals surface area contributed by atoms with E-state index in [2.05, 4.69) is 0 Å². The number of nitrogens with zero attached hydrogens (tertiary/aromatic N) is 1. The first-order valence-corrected chi connectivity index (χ1v) is 10.6. The molecule has 6 nitrogen and oxygen atoms in total. The van der Waals surface area contributed by atoms with Crippen molar-refractivity contribution in [1.29, 1.82) is 0 Å². The third kappa shape index (κ3) is 5.78. The van der Waals surface area contributed by atoms with Gasteiger partial charge in [0.15, 0.2) is 6.04 Å². The third-order valence-electron chi connectivity index (χ3n) is 5.28. The molecule has 1 unspecified atom stereocenters. The Hall–Kier alpha value is -3.30. The van der Waals surface area contributed by atoms with Gasteiger partial charge in [-0.25, -0.2) is 14.0 Å². The molecule has 0 N–H and O–H groups in total. The van der Waals surface area contributed by atoms with E-state index >= 15 is 0 Å². The van der Waals surface area contributed by atoms with Crippen molar-refractivity contribution < 1.29 is 41.4 Å². The first-order valence-electron chi connectivity index (χ1n) is 10.6. The molecule has 1 atom stereocenters. The second-order valence-electron chi connectivity index (χ2n) is 8.30. The van der Waals surface area contributed by atoms with Crippen molar-refractivity contribution in [2.75, 3.05) is 20.3 Å². The van der Waals surface area contributed by atoms with Crippen LogP contribution in [0.3, 0.4) is 0 Å². The number of carbonyl (C=O) groups is 2.